The molecule has 196 valence electrons. The number of benzene rings is 2. The third-order valence-corrected chi connectivity index (χ3v) is 7.00. The Hall–Kier alpha value is -4.34. The predicted octanol–water partition coefficient (Wildman–Crippen LogP) is 4.98. The minimum absolute atomic E-state index is 0.0273. The number of carbonyl (C=O) groups excluding carboxylic acids is 1. The third-order valence-electron chi connectivity index (χ3n) is 7.00. The maximum absolute atomic E-state index is 13.2. The number of nitro groups is 1. The van der Waals surface area contributed by atoms with Crippen LogP contribution >= 0.6 is 0 Å². The fraction of sp³-hybridized carbons (Fsp3) is 0.357. The molecular formula is C28H31N7O3. The standard InChI is InChI=1S/C28H31N7O3/c1-3-8-20(2)25-30-26(24-19-29-34(27(24)31-25)22-9-5-4-6-10-22)32-15-7-16-33(18-17-32)28(36)21-11-13-23(14-12-21)35(37)38/h4-6,9-14,19-20H,3,7-8,15-18H2,1-2H3. The van der Waals surface area contributed by atoms with Crippen LogP contribution in [0, 0.1) is 10.1 Å². The quantitative estimate of drug-likeness (QED) is 0.253. The van der Waals surface area contributed by atoms with Crippen molar-refractivity contribution in [2.24, 2.45) is 0 Å². The summed E-state index contributed by atoms with van der Waals surface area (Å²) in [4.78, 5) is 37.7. The van der Waals surface area contributed by atoms with Crippen LogP contribution in [0.1, 0.15) is 55.2 Å². The fourth-order valence-electron chi connectivity index (χ4n) is 4.93. The number of hydrogen-bond acceptors (Lipinski definition) is 7. The summed E-state index contributed by atoms with van der Waals surface area (Å²) in [5.41, 5.74) is 2.15. The monoisotopic (exact) mass is 513 g/mol. The number of para-hydroxylation sites is 1. The second kappa shape index (κ2) is 11.0. The molecule has 10 heteroatoms. The summed E-state index contributed by atoms with van der Waals surface area (Å²) in [6, 6.07) is 15.8. The van der Waals surface area contributed by atoms with Gasteiger partial charge in [0.15, 0.2) is 5.65 Å². The second-order valence-electron chi connectivity index (χ2n) is 9.66. The van der Waals surface area contributed by atoms with Gasteiger partial charge in [-0.3, -0.25) is 14.9 Å². The SMILES string of the molecule is CCCC(C)c1nc(N2CCCN(C(=O)c3ccc([N+](=O)[O-])cc3)CC2)c2cnn(-c3ccccc3)c2n1. The van der Waals surface area contributed by atoms with Gasteiger partial charge < -0.3 is 9.80 Å². The van der Waals surface area contributed by atoms with Gasteiger partial charge in [-0.25, -0.2) is 14.6 Å². The fourth-order valence-corrected chi connectivity index (χ4v) is 4.93. The summed E-state index contributed by atoms with van der Waals surface area (Å²) in [5, 5.41) is 16.5. The first-order valence-electron chi connectivity index (χ1n) is 13.1. The highest BCUT2D eigenvalue weighted by atomic mass is 16.6. The molecule has 2 aromatic heterocycles. The van der Waals surface area contributed by atoms with Crippen molar-refractivity contribution in [1.82, 2.24) is 24.6 Å². The van der Waals surface area contributed by atoms with E-state index in [9.17, 15) is 14.9 Å². The molecule has 0 N–H and O–H groups in total. The van der Waals surface area contributed by atoms with E-state index < -0.39 is 4.92 Å². The van der Waals surface area contributed by atoms with Crippen molar-refractivity contribution < 1.29 is 9.72 Å². The highest BCUT2D eigenvalue weighted by Crippen LogP contribution is 2.30. The number of anilines is 1. The number of fused-ring (bicyclic) bond motifs is 1. The minimum Gasteiger partial charge on any atom is -0.354 e. The van der Waals surface area contributed by atoms with E-state index in [4.69, 9.17) is 9.97 Å². The third kappa shape index (κ3) is 5.06. The number of rotatable bonds is 7. The lowest BCUT2D eigenvalue weighted by atomic mass is 10.1. The van der Waals surface area contributed by atoms with E-state index in [-0.39, 0.29) is 17.5 Å². The molecule has 1 unspecified atom stereocenters. The molecule has 1 amide bonds. The van der Waals surface area contributed by atoms with Gasteiger partial charge in [-0.2, -0.15) is 5.10 Å². The zero-order chi connectivity index (χ0) is 26.6. The molecule has 5 rings (SSSR count). The van der Waals surface area contributed by atoms with E-state index >= 15 is 0 Å². The first kappa shape index (κ1) is 25.3. The molecule has 4 aromatic rings. The second-order valence-corrected chi connectivity index (χ2v) is 9.66. The smallest absolute Gasteiger partial charge is 0.269 e. The van der Waals surface area contributed by atoms with Crippen molar-refractivity contribution in [3.63, 3.8) is 0 Å². The summed E-state index contributed by atoms with van der Waals surface area (Å²) in [6.45, 7) is 6.80. The average Bonchev–Trinajstić information content (AvgIpc) is 3.22. The number of amides is 1. The van der Waals surface area contributed by atoms with Crippen LogP contribution in [0.4, 0.5) is 11.5 Å². The normalized spacial score (nSPS) is 14.9. The average molecular weight is 514 g/mol. The summed E-state index contributed by atoms with van der Waals surface area (Å²) in [7, 11) is 0. The Balaban J connectivity index is 1.44. The molecule has 38 heavy (non-hydrogen) atoms. The number of aromatic nitrogens is 4. The van der Waals surface area contributed by atoms with Gasteiger partial charge in [0.1, 0.15) is 11.6 Å². The van der Waals surface area contributed by atoms with Crippen LogP contribution in [0.15, 0.2) is 60.8 Å². The van der Waals surface area contributed by atoms with Crippen molar-refractivity contribution in [2.75, 3.05) is 31.1 Å². The molecule has 0 radical (unpaired) electrons. The molecule has 1 fully saturated rings. The zero-order valence-corrected chi connectivity index (χ0v) is 21.7. The summed E-state index contributed by atoms with van der Waals surface area (Å²) in [5.74, 6) is 1.73. The van der Waals surface area contributed by atoms with Crippen LogP contribution in [-0.2, 0) is 0 Å². The Morgan fingerprint density at radius 3 is 2.50 bits per heavy atom. The van der Waals surface area contributed by atoms with E-state index in [2.05, 4.69) is 23.8 Å². The van der Waals surface area contributed by atoms with Crippen LogP contribution in [0.2, 0.25) is 0 Å². The molecule has 0 saturated carbocycles. The maximum Gasteiger partial charge on any atom is 0.269 e. The van der Waals surface area contributed by atoms with Crippen molar-refractivity contribution >= 4 is 28.4 Å². The molecule has 1 aliphatic rings. The van der Waals surface area contributed by atoms with Crippen LogP contribution in [0.5, 0.6) is 0 Å². The molecule has 1 saturated heterocycles. The molecule has 3 heterocycles. The van der Waals surface area contributed by atoms with E-state index in [0.717, 1.165) is 54.2 Å². The molecule has 1 atom stereocenters. The molecular weight excluding hydrogens is 482 g/mol. The number of nitrogens with zero attached hydrogens (tertiary/aromatic N) is 7. The van der Waals surface area contributed by atoms with Crippen LogP contribution in [0.3, 0.4) is 0 Å². The number of hydrogen-bond donors (Lipinski definition) is 0. The van der Waals surface area contributed by atoms with E-state index in [1.807, 2.05) is 46.1 Å². The molecule has 1 aliphatic heterocycles. The van der Waals surface area contributed by atoms with Crippen molar-refractivity contribution in [3.8, 4) is 5.69 Å². The first-order chi connectivity index (χ1) is 18.5. The highest BCUT2D eigenvalue weighted by molar-refractivity contribution is 5.94. The Bertz CT molecular complexity index is 1440. The largest absolute Gasteiger partial charge is 0.354 e. The Kier molecular flexibility index (Phi) is 7.30. The van der Waals surface area contributed by atoms with Gasteiger partial charge in [0, 0.05) is 49.8 Å². The number of nitro benzene ring substituents is 1. The number of non-ortho nitro benzene ring substituents is 1. The zero-order valence-electron chi connectivity index (χ0n) is 21.7. The molecule has 10 nitrogen and oxygen atoms in total. The van der Waals surface area contributed by atoms with Gasteiger partial charge in [0.05, 0.1) is 22.2 Å². The Morgan fingerprint density at radius 1 is 1.03 bits per heavy atom. The number of carbonyl (C=O) groups is 1. The van der Waals surface area contributed by atoms with Crippen molar-refractivity contribution in [3.05, 3.63) is 82.3 Å². The van der Waals surface area contributed by atoms with E-state index in [0.29, 0.717) is 25.2 Å². The first-order valence-corrected chi connectivity index (χ1v) is 13.1. The van der Waals surface area contributed by atoms with Crippen LogP contribution < -0.4 is 4.90 Å². The highest BCUT2D eigenvalue weighted by Gasteiger charge is 2.25. The van der Waals surface area contributed by atoms with E-state index in [1.165, 1.54) is 24.3 Å². The van der Waals surface area contributed by atoms with Crippen LogP contribution in [0.25, 0.3) is 16.7 Å². The van der Waals surface area contributed by atoms with Gasteiger partial charge in [-0.1, -0.05) is 38.5 Å². The lowest BCUT2D eigenvalue weighted by Gasteiger charge is -2.24. The molecule has 2 aromatic carbocycles. The Labute approximate surface area is 221 Å². The summed E-state index contributed by atoms with van der Waals surface area (Å²) >= 11 is 0. The summed E-state index contributed by atoms with van der Waals surface area (Å²) < 4.78 is 1.87. The molecule has 0 bridgehead atoms. The van der Waals surface area contributed by atoms with Crippen molar-refractivity contribution in [1.29, 1.82) is 0 Å². The molecule has 0 aliphatic carbocycles. The maximum atomic E-state index is 13.2. The topological polar surface area (TPSA) is 110 Å². The lowest BCUT2D eigenvalue weighted by Crippen LogP contribution is -2.35. The predicted molar refractivity (Wildman–Crippen MR) is 146 cm³/mol. The van der Waals surface area contributed by atoms with Gasteiger partial charge in [0.2, 0.25) is 0 Å². The van der Waals surface area contributed by atoms with Gasteiger partial charge in [-0.05, 0) is 37.1 Å². The van der Waals surface area contributed by atoms with Gasteiger partial charge in [-0.15, -0.1) is 0 Å². The minimum atomic E-state index is -0.462. The lowest BCUT2D eigenvalue weighted by molar-refractivity contribution is -0.384. The van der Waals surface area contributed by atoms with Crippen molar-refractivity contribution in [2.45, 2.75) is 39.0 Å². The van der Waals surface area contributed by atoms with Gasteiger partial charge >= 0.3 is 0 Å². The van der Waals surface area contributed by atoms with E-state index in [1.54, 1.807) is 0 Å². The summed E-state index contributed by atoms with van der Waals surface area (Å²) in [6.07, 6.45) is 4.63. The molecule has 0 spiro atoms. The van der Waals surface area contributed by atoms with Crippen LogP contribution in [-0.4, -0.2) is 61.7 Å². The van der Waals surface area contributed by atoms with Gasteiger partial charge in [0.25, 0.3) is 11.6 Å². The Morgan fingerprint density at radius 2 is 1.79 bits per heavy atom.